The van der Waals surface area contributed by atoms with Gasteiger partial charge in [0.25, 0.3) is 0 Å². The van der Waals surface area contributed by atoms with E-state index < -0.39 is 0 Å². The molecule has 0 saturated heterocycles. The molecule has 0 saturated carbocycles. The van der Waals surface area contributed by atoms with Crippen molar-refractivity contribution in [2.75, 3.05) is 21.3 Å². The van der Waals surface area contributed by atoms with Gasteiger partial charge in [-0.05, 0) is 70.2 Å². The largest absolute Gasteiger partial charge is 0.493 e. The molecule has 0 radical (unpaired) electrons. The molecule has 0 aromatic heterocycles. The summed E-state index contributed by atoms with van der Waals surface area (Å²) in [6.07, 6.45) is 3.88. The van der Waals surface area contributed by atoms with Crippen molar-refractivity contribution in [1.29, 1.82) is 0 Å². The quantitative estimate of drug-likeness (QED) is 0.353. The summed E-state index contributed by atoms with van der Waals surface area (Å²) in [4.78, 5) is 0.634. The molecular formula is C21H23Br2NO3S. The van der Waals surface area contributed by atoms with E-state index in [4.69, 9.17) is 26.4 Å². The molecule has 2 rings (SSSR count). The SMILES string of the molecule is COc1cc(CNC(=S)/C=C/c2cc(C)c(C)c(Br)c2)c(Br)c(OC)c1OC. The first-order valence-electron chi connectivity index (χ1n) is 8.52. The lowest BCUT2D eigenvalue weighted by Gasteiger charge is -2.17. The Morgan fingerprint density at radius 3 is 2.29 bits per heavy atom. The Morgan fingerprint density at radius 1 is 1.04 bits per heavy atom. The molecule has 0 spiro atoms. The van der Waals surface area contributed by atoms with E-state index in [2.05, 4.69) is 63.2 Å². The fourth-order valence-corrected chi connectivity index (χ4v) is 3.97. The standard InChI is InChI=1S/C21H23Br2NO3S/c1-12-8-14(9-16(22)13(12)2)6-7-18(28)24-11-15-10-17(25-3)20(26-4)21(27-5)19(15)23/h6-10H,11H2,1-5H3,(H,24,28)/b7-6+. The average Bonchev–Trinajstić information content (AvgIpc) is 2.68. The lowest BCUT2D eigenvalue weighted by Crippen LogP contribution is -2.19. The van der Waals surface area contributed by atoms with Crippen molar-refractivity contribution in [1.82, 2.24) is 5.32 Å². The molecule has 7 heteroatoms. The van der Waals surface area contributed by atoms with Crippen LogP contribution < -0.4 is 19.5 Å². The Morgan fingerprint density at radius 2 is 1.71 bits per heavy atom. The third kappa shape index (κ3) is 5.27. The van der Waals surface area contributed by atoms with E-state index in [1.165, 1.54) is 11.1 Å². The highest BCUT2D eigenvalue weighted by molar-refractivity contribution is 9.11. The smallest absolute Gasteiger partial charge is 0.204 e. The predicted molar refractivity (Wildman–Crippen MR) is 126 cm³/mol. The molecule has 0 unspecified atom stereocenters. The summed E-state index contributed by atoms with van der Waals surface area (Å²) in [5, 5.41) is 3.24. The first-order chi connectivity index (χ1) is 13.3. The van der Waals surface area contributed by atoms with E-state index in [-0.39, 0.29) is 0 Å². The number of thiocarbonyl (C=S) groups is 1. The van der Waals surface area contributed by atoms with E-state index >= 15 is 0 Å². The molecule has 0 bridgehead atoms. The van der Waals surface area contributed by atoms with Gasteiger partial charge in [0.15, 0.2) is 11.5 Å². The first-order valence-corrected chi connectivity index (χ1v) is 10.5. The highest BCUT2D eigenvalue weighted by Crippen LogP contribution is 2.44. The van der Waals surface area contributed by atoms with Crippen molar-refractivity contribution in [2.45, 2.75) is 20.4 Å². The topological polar surface area (TPSA) is 39.7 Å². The molecule has 0 fully saturated rings. The van der Waals surface area contributed by atoms with Gasteiger partial charge in [0.1, 0.15) is 0 Å². The van der Waals surface area contributed by atoms with Crippen LogP contribution in [0.4, 0.5) is 0 Å². The fraction of sp³-hybridized carbons (Fsp3) is 0.286. The number of hydrogen-bond donors (Lipinski definition) is 1. The summed E-state index contributed by atoms with van der Waals surface area (Å²) in [6.45, 7) is 4.70. The molecule has 0 aliphatic carbocycles. The molecule has 1 N–H and O–H groups in total. The highest BCUT2D eigenvalue weighted by atomic mass is 79.9. The lowest BCUT2D eigenvalue weighted by molar-refractivity contribution is 0.322. The van der Waals surface area contributed by atoms with Gasteiger partial charge in [-0.1, -0.05) is 40.3 Å². The number of methoxy groups -OCH3 is 3. The summed E-state index contributed by atoms with van der Waals surface area (Å²) in [7, 11) is 4.77. The second-order valence-corrected chi connectivity index (χ2v) is 8.20. The van der Waals surface area contributed by atoms with Crippen LogP contribution in [-0.2, 0) is 6.54 Å². The molecular weight excluding hydrogens is 506 g/mol. The number of aryl methyl sites for hydroxylation is 1. The van der Waals surface area contributed by atoms with Crippen LogP contribution in [0.25, 0.3) is 6.08 Å². The van der Waals surface area contributed by atoms with Gasteiger partial charge in [0.05, 0.1) is 30.8 Å². The van der Waals surface area contributed by atoms with Crippen LogP contribution in [0.1, 0.15) is 22.3 Å². The Kier molecular flexibility index (Phi) is 8.34. The molecule has 4 nitrogen and oxygen atoms in total. The van der Waals surface area contributed by atoms with Crippen molar-refractivity contribution in [2.24, 2.45) is 0 Å². The Hall–Kier alpha value is -1.57. The predicted octanol–water partition coefficient (Wildman–Crippen LogP) is 5.98. The average molecular weight is 529 g/mol. The molecule has 2 aromatic carbocycles. The highest BCUT2D eigenvalue weighted by Gasteiger charge is 2.18. The van der Waals surface area contributed by atoms with Crippen LogP contribution in [0.3, 0.4) is 0 Å². The summed E-state index contributed by atoms with van der Waals surface area (Å²) in [5.74, 6) is 1.73. The zero-order valence-electron chi connectivity index (χ0n) is 16.5. The number of rotatable bonds is 7. The van der Waals surface area contributed by atoms with Gasteiger partial charge >= 0.3 is 0 Å². The van der Waals surface area contributed by atoms with Gasteiger partial charge in [-0.25, -0.2) is 0 Å². The minimum absolute atomic E-state index is 0.511. The molecule has 0 heterocycles. The third-order valence-electron chi connectivity index (χ3n) is 4.35. The normalized spacial score (nSPS) is 10.8. The van der Waals surface area contributed by atoms with Crippen LogP contribution in [0, 0.1) is 13.8 Å². The summed E-state index contributed by atoms with van der Waals surface area (Å²) in [6, 6.07) is 6.11. The lowest BCUT2D eigenvalue weighted by atomic mass is 10.1. The van der Waals surface area contributed by atoms with Crippen molar-refractivity contribution in [3.05, 3.63) is 55.5 Å². The van der Waals surface area contributed by atoms with Crippen molar-refractivity contribution in [3.63, 3.8) is 0 Å². The minimum atomic E-state index is 0.511. The molecule has 2 aromatic rings. The second kappa shape index (κ2) is 10.3. The molecule has 28 heavy (non-hydrogen) atoms. The molecule has 0 atom stereocenters. The number of ether oxygens (including phenoxy) is 3. The summed E-state index contributed by atoms with van der Waals surface area (Å²) < 4.78 is 18.2. The van der Waals surface area contributed by atoms with Crippen LogP contribution in [0.2, 0.25) is 0 Å². The van der Waals surface area contributed by atoms with E-state index in [9.17, 15) is 0 Å². The number of hydrogen-bond acceptors (Lipinski definition) is 4. The fourth-order valence-electron chi connectivity index (χ4n) is 2.65. The monoisotopic (exact) mass is 527 g/mol. The Balaban J connectivity index is 2.14. The maximum Gasteiger partial charge on any atom is 0.204 e. The first kappa shape index (κ1) is 22.7. The molecule has 0 aliphatic rings. The summed E-state index contributed by atoms with van der Waals surface area (Å²) >= 11 is 12.6. The minimum Gasteiger partial charge on any atom is -0.493 e. The van der Waals surface area contributed by atoms with Crippen molar-refractivity contribution < 1.29 is 14.2 Å². The maximum atomic E-state index is 5.46. The van der Waals surface area contributed by atoms with Crippen LogP contribution in [0.5, 0.6) is 17.2 Å². The van der Waals surface area contributed by atoms with Crippen molar-refractivity contribution in [3.8, 4) is 17.2 Å². The molecule has 0 aliphatic heterocycles. The van der Waals surface area contributed by atoms with E-state index in [0.29, 0.717) is 28.8 Å². The van der Waals surface area contributed by atoms with Gasteiger partial charge in [-0.2, -0.15) is 0 Å². The number of nitrogens with one attached hydrogen (secondary N) is 1. The molecule has 0 amide bonds. The van der Waals surface area contributed by atoms with E-state index in [0.717, 1.165) is 20.1 Å². The second-order valence-electron chi connectivity index (χ2n) is 6.11. The van der Waals surface area contributed by atoms with Crippen LogP contribution in [0.15, 0.2) is 33.2 Å². The van der Waals surface area contributed by atoms with Crippen molar-refractivity contribution >= 4 is 55.1 Å². The zero-order chi connectivity index (χ0) is 20.8. The number of benzene rings is 2. The zero-order valence-corrected chi connectivity index (χ0v) is 20.5. The van der Waals surface area contributed by atoms with Crippen LogP contribution in [-0.4, -0.2) is 26.3 Å². The molecule has 150 valence electrons. The van der Waals surface area contributed by atoms with E-state index in [1.807, 2.05) is 18.2 Å². The maximum absolute atomic E-state index is 5.46. The number of halogens is 2. The van der Waals surface area contributed by atoms with E-state index in [1.54, 1.807) is 21.3 Å². The van der Waals surface area contributed by atoms with Gasteiger partial charge in [-0.3, -0.25) is 0 Å². The Labute approximate surface area is 188 Å². The summed E-state index contributed by atoms with van der Waals surface area (Å²) in [5.41, 5.74) is 4.51. The third-order valence-corrected chi connectivity index (χ3v) is 6.32. The van der Waals surface area contributed by atoms with Gasteiger partial charge in [0, 0.05) is 11.0 Å². The van der Waals surface area contributed by atoms with Gasteiger partial charge in [-0.15, -0.1) is 0 Å². The van der Waals surface area contributed by atoms with Crippen LogP contribution >= 0.6 is 44.1 Å². The Bertz CT molecular complexity index is 890. The van der Waals surface area contributed by atoms with Gasteiger partial charge in [0.2, 0.25) is 5.75 Å². The van der Waals surface area contributed by atoms with Gasteiger partial charge < -0.3 is 19.5 Å².